The van der Waals surface area contributed by atoms with E-state index in [0.717, 1.165) is 48.7 Å². The zero-order valence-corrected chi connectivity index (χ0v) is 33.9. The first-order valence-electron chi connectivity index (χ1n) is 16.5. The van der Waals surface area contributed by atoms with Crippen LogP contribution in [0, 0.1) is 0 Å². The molecular weight excluding hydrogens is 882 g/mol. The first-order valence-corrected chi connectivity index (χ1v) is 20.5. The van der Waals surface area contributed by atoms with Gasteiger partial charge in [0.25, 0.3) is 0 Å². The molecule has 0 aromatic heterocycles. The quantitative estimate of drug-likeness (QED) is 0.0781. The van der Waals surface area contributed by atoms with Crippen LogP contribution in [0.3, 0.4) is 0 Å². The molecule has 1 N–H and O–H groups in total. The Morgan fingerprint density at radius 1 is 0.547 bits per heavy atom. The van der Waals surface area contributed by atoms with Gasteiger partial charge in [-0.3, -0.25) is 9.59 Å². The van der Waals surface area contributed by atoms with Crippen LogP contribution in [-0.4, -0.2) is 33.5 Å². The van der Waals surface area contributed by atoms with Crippen molar-refractivity contribution in [1.29, 1.82) is 0 Å². The molecule has 0 spiro atoms. The molecule has 0 aliphatic carbocycles. The van der Waals surface area contributed by atoms with E-state index in [1.807, 2.05) is 132 Å². The minimum atomic E-state index is -0.0455. The van der Waals surface area contributed by atoms with Crippen LogP contribution >= 0.6 is 61.7 Å². The van der Waals surface area contributed by atoms with Gasteiger partial charge in [0.15, 0.2) is 18.2 Å². The molecule has 0 aliphatic rings. The largest absolute Gasteiger partial charge is 0.507 e. The van der Waals surface area contributed by atoms with Crippen molar-refractivity contribution in [2.24, 2.45) is 0 Å². The standard InChI is InChI=1S/C22H15ClO2.C14H9ClO.C8H7BrO.CH3I/c23-17-10-11-19-20(13-17)18-9-5-4-8-16(18)12-22(19)25-14-21(24)15-6-2-1-3-7-15;15-10-5-6-12-13(8-10)11-4-2-1-3-9(11)7-14(12)16;9-6-8(10)7-4-2-1-3-5-7;1-2/h1-13H,14H2;1-8,16H;1-5H,6H2;1H3. The van der Waals surface area contributed by atoms with Crippen LogP contribution in [0.5, 0.6) is 11.5 Å². The fourth-order valence-electron chi connectivity index (χ4n) is 5.77. The SMILES string of the molecule is CI.O=C(CBr)c1ccccc1.O=C(COc1cc2ccccc2c2cc(Cl)ccc12)c1ccccc1.Oc1cc2ccccc2c2cc(Cl)ccc12. The number of rotatable bonds is 6. The first kappa shape index (κ1) is 39.7. The number of phenolic OH excluding ortho intramolecular Hbond substituents is 1. The number of ether oxygens (including phenoxy) is 1. The van der Waals surface area contributed by atoms with Crippen LogP contribution in [0.2, 0.25) is 10.0 Å². The first-order chi connectivity index (χ1) is 25.8. The number of aromatic hydroxyl groups is 1. The predicted octanol–water partition coefficient (Wildman–Crippen LogP) is 13.6. The van der Waals surface area contributed by atoms with Crippen LogP contribution in [-0.2, 0) is 0 Å². The lowest BCUT2D eigenvalue weighted by molar-refractivity contribution is 0.0922. The van der Waals surface area contributed by atoms with Crippen LogP contribution in [0.4, 0.5) is 0 Å². The highest BCUT2D eigenvalue weighted by Gasteiger charge is 2.12. The highest BCUT2D eigenvalue weighted by Crippen LogP contribution is 2.36. The molecule has 0 amide bonds. The van der Waals surface area contributed by atoms with Gasteiger partial charge in [-0.15, -0.1) is 0 Å². The predicted molar refractivity (Wildman–Crippen MR) is 235 cm³/mol. The Bertz CT molecular complexity index is 2490. The van der Waals surface area contributed by atoms with E-state index in [1.54, 1.807) is 24.3 Å². The van der Waals surface area contributed by atoms with Gasteiger partial charge in [0.2, 0.25) is 0 Å². The summed E-state index contributed by atoms with van der Waals surface area (Å²) in [5, 5.41) is 19.8. The van der Waals surface area contributed by atoms with Crippen molar-refractivity contribution in [3.05, 3.63) is 179 Å². The summed E-state index contributed by atoms with van der Waals surface area (Å²) in [4.78, 5) is 25.3. The molecule has 266 valence electrons. The van der Waals surface area contributed by atoms with Crippen molar-refractivity contribution in [2.75, 3.05) is 16.9 Å². The summed E-state index contributed by atoms with van der Waals surface area (Å²) < 4.78 is 5.89. The molecule has 0 unspecified atom stereocenters. The summed E-state index contributed by atoms with van der Waals surface area (Å²) in [6.45, 7) is 0.0000794. The minimum absolute atomic E-state index is 0.0000794. The van der Waals surface area contributed by atoms with Gasteiger partial charge in [-0.05, 0) is 85.8 Å². The molecule has 0 atom stereocenters. The van der Waals surface area contributed by atoms with E-state index in [2.05, 4.69) is 44.6 Å². The number of fused-ring (bicyclic) bond motifs is 6. The van der Waals surface area contributed by atoms with Crippen molar-refractivity contribution >= 4 is 116 Å². The van der Waals surface area contributed by atoms with Gasteiger partial charge in [-0.1, -0.05) is 171 Å². The Morgan fingerprint density at radius 2 is 1.00 bits per heavy atom. The van der Waals surface area contributed by atoms with E-state index >= 15 is 0 Å². The lowest BCUT2D eigenvalue weighted by Crippen LogP contribution is -2.11. The van der Waals surface area contributed by atoms with E-state index in [0.29, 0.717) is 32.4 Å². The highest BCUT2D eigenvalue weighted by molar-refractivity contribution is 14.1. The second-order valence-electron chi connectivity index (χ2n) is 11.6. The zero-order chi connectivity index (χ0) is 37.7. The van der Waals surface area contributed by atoms with E-state index in [1.165, 1.54) is 0 Å². The topological polar surface area (TPSA) is 63.6 Å². The second-order valence-corrected chi connectivity index (χ2v) is 13.0. The summed E-state index contributed by atoms with van der Waals surface area (Å²) >= 11 is 17.4. The smallest absolute Gasteiger partial charge is 0.200 e. The molecule has 4 nitrogen and oxygen atoms in total. The molecule has 0 bridgehead atoms. The Kier molecular flexibility index (Phi) is 14.7. The summed E-state index contributed by atoms with van der Waals surface area (Å²) in [5.41, 5.74) is 1.41. The molecule has 8 aromatic carbocycles. The number of carbonyl (C=O) groups excluding carboxylic acids is 2. The zero-order valence-electron chi connectivity index (χ0n) is 28.6. The van der Waals surface area contributed by atoms with Crippen molar-refractivity contribution in [1.82, 2.24) is 0 Å². The summed E-state index contributed by atoms with van der Waals surface area (Å²) in [6, 6.07) is 49.4. The van der Waals surface area contributed by atoms with Crippen LogP contribution in [0.1, 0.15) is 20.7 Å². The molecule has 53 heavy (non-hydrogen) atoms. The minimum Gasteiger partial charge on any atom is -0.507 e. The van der Waals surface area contributed by atoms with Gasteiger partial charge >= 0.3 is 0 Å². The third kappa shape index (κ3) is 10.1. The number of hydrogen-bond acceptors (Lipinski definition) is 4. The maximum atomic E-state index is 12.3. The van der Waals surface area contributed by atoms with E-state index in [9.17, 15) is 14.7 Å². The van der Waals surface area contributed by atoms with E-state index < -0.39 is 0 Å². The number of carbonyl (C=O) groups is 2. The normalized spacial score (nSPS) is 10.4. The van der Waals surface area contributed by atoms with Gasteiger partial charge in [0.05, 0.1) is 5.33 Å². The van der Waals surface area contributed by atoms with Gasteiger partial charge in [-0.25, -0.2) is 0 Å². The monoisotopic (exact) mass is 914 g/mol. The van der Waals surface area contributed by atoms with Gasteiger partial charge in [-0.2, -0.15) is 0 Å². The Hall–Kier alpha value is -4.47. The number of ketones is 2. The number of halogens is 4. The maximum absolute atomic E-state index is 12.3. The van der Waals surface area contributed by atoms with Crippen LogP contribution in [0.15, 0.2) is 158 Å². The summed E-state index contributed by atoms with van der Waals surface area (Å²) in [5.74, 6) is 1.07. The Balaban J connectivity index is 0.000000165. The third-order valence-corrected chi connectivity index (χ3v) is 9.24. The average molecular weight is 916 g/mol. The van der Waals surface area contributed by atoms with Crippen molar-refractivity contribution in [2.45, 2.75) is 0 Å². The van der Waals surface area contributed by atoms with E-state index in [-0.39, 0.29) is 18.2 Å². The fourth-order valence-corrected chi connectivity index (χ4v) is 6.44. The van der Waals surface area contributed by atoms with Crippen molar-refractivity contribution < 1.29 is 19.4 Å². The lowest BCUT2D eigenvalue weighted by Gasteiger charge is -2.12. The second kappa shape index (κ2) is 19.6. The number of Topliss-reactive ketones (excluding diaryl/α,β-unsaturated/α-hetero) is 2. The Morgan fingerprint density at radius 3 is 1.55 bits per heavy atom. The van der Waals surface area contributed by atoms with Gasteiger partial charge in [0.1, 0.15) is 11.5 Å². The van der Waals surface area contributed by atoms with E-state index in [4.69, 9.17) is 27.9 Å². The maximum Gasteiger partial charge on any atom is 0.200 e. The molecule has 0 radical (unpaired) electrons. The van der Waals surface area contributed by atoms with Crippen LogP contribution < -0.4 is 4.74 Å². The average Bonchev–Trinajstić information content (AvgIpc) is 3.21. The number of phenols is 1. The molecule has 0 fully saturated rings. The number of alkyl halides is 2. The molecule has 0 saturated heterocycles. The number of hydrogen-bond donors (Lipinski definition) is 1. The van der Waals surface area contributed by atoms with Gasteiger partial charge in [0, 0.05) is 31.9 Å². The molecule has 8 heteroatoms. The van der Waals surface area contributed by atoms with Crippen molar-refractivity contribution in [3.8, 4) is 11.5 Å². The van der Waals surface area contributed by atoms with Crippen LogP contribution in [0.25, 0.3) is 43.1 Å². The third-order valence-electron chi connectivity index (χ3n) is 8.26. The summed E-state index contributed by atoms with van der Waals surface area (Å²) in [7, 11) is 0. The lowest BCUT2D eigenvalue weighted by atomic mass is 10.0. The van der Waals surface area contributed by atoms with Crippen molar-refractivity contribution in [3.63, 3.8) is 0 Å². The Labute approximate surface area is 340 Å². The molecule has 0 heterocycles. The molecule has 0 saturated carbocycles. The molecular formula is C45H34BrCl2IO4. The highest BCUT2D eigenvalue weighted by atomic mass is 127. The molecule has 0 aliphatic heterocycles. The summed E-state index contributed by atoms with van der Waals surface area (Å²) in [6.07, 6.45) is 0. The van der Waals surface area contributed by atoms with Gasteiger partial charge < -0.3 is 9.84 Å². The fraction of sp³-hybridized carbons (Fsp3) is 0.0667. The molecule has 8 rings (SSSR count). The molecule has 8 aromatic rings. The number of benzene rings is 8.